The summed E-state index contributed by atoms with van der Waals surface area (Å²) in [6.07, 6.45) is 2.38. The van der Waals surface area contributed by atoms with E-state index in [1.807, 2.05) is 13.8 Å². The third kappa shape index (κ3) is 5.82. The summed E-state index contributed by atoms with van der Waals surface area (Å²) in [4.78, 5) is -0.0510. The molecule has 0 aromatic heterocycles. The van der Waals surface area contributed by atoms with Gasteiger partial charge in [0, 0.05) is 10.4 Å². The molecule has 1 rings (SSSR count). The molecule has 1 aromatic carbocycles. The van der Waals surface area contributed by atoms with Crippen molar-refractivity contribution in [3.63, 3.8) is 0 Å². The molecule has 0 radical (unpaired) electrons. The van der Waals surface area contributed by atoms with E-state index < -0.39 is 6.61 Å². The van der Waals surface area contributed by atoms with Gasteiger partial charge >= 0.3 is 6.61 Å². The summed E-state index contributed by atoms with van der Waals surface area (Å²) in [7, 11) is 0. The van der Waals surface area contributed by atoms with Gasteiger partial charge in [-0.3, -0.25) is 0 Å². The second kappa shape index (κ2) is 9.16. The van der Waals surface area contributed by atoms with E-state index in [4.69, 9.17) is 0 Å². The largest absolute Gasteiger partial charge is 0.435 e. The highest BCUT2D eigenvalue weighted by Gasteiger charge is 2.14. The molecule has 0 aliphatic heterocycles. The van der Waals surface area contributed by atoms with Gasteiger partial charge in [-0.1, -0.05) is 54.1 Å². The number of ether oxygens (including phenoxy) is 1. The Morgan fingerprint density at radius 3 is 2.47 bits per heavy atom. The summed E-state index contributed by atoms with van der Waals surface area (Å²) in [5, 5.41) is 0. The number of hydrogen-bond acceptors (Lipinski definition) is 1. The molecule has 0 N–H and O–H groups in total. The first-order valence-electron chi connectivity index (χ1n) is 5.44. The van der Waals surface area contributed by atoms with Crippen LogP contribution in [0.4, 0.5) is 8.78 Å². The Kier molecular flexibility index (Phi) is 8.68. The molecule has 4 heteroatoms. The van der Waals surface area contributed by atoms with E-state index in [0.29, 0.717) is 12.0 Å². The molecule has 96 valence electrons. The maximum absolute atomic E-state index is 12.1. The number of para-hydroxylation sites is 1. The summed E-state index contributed by atoms with van der Waals surface area (Å²) < 4.78 is 28.6. The van der Waals surface area contributed by atoms with Crippen LogP contribution in [0.15, 0.2) is 36.9 Å². The smallest absolute Gasteiger partial charge is 0.387 e. The van der Waals surface area contributed by atoms with E-state index in [1.165, 1.54) is 6.07 Å². The Labute approximate surface area is 110 Å². The van der Waals surface area contributed by atoms with Crippen LogP contribution in [0.2, 0.25) is 0 Å². The minimum absolute atomic E-state index is 0.0510. The van der Waals surface area contributed by atoms with Gasteiger partial charge in [-0.2, -0.15) is 8.78 Å². The Bertz CT molecular complexity index is 329. The lowest BCUT2D eigenvalue weighted by Crippen LogP contribution is -2.05. The summed E-state index contributed by atoms with van der Waals surface area (Å²) in [6.45, 7) is 4.80. The Morgan fingerprint density at radius 1 is 1.35 bits per heavy atom. The van der Waals surface area contributed by atoms with Crippen LogP contribution in [0.5, 0.6) is 5.75 Å². The van der Waals surface area contributed by atoms with Crippen molar-refractivity contribution >= 4 is 15.9 Å². The van der Waals surface area contributed by atoms with Gasteiger partial charge in [0.05, 0.1) is 0 Å². The van der Waals surface area contributed by atoms with Crippen molar-refractivity contribution in [2.24, 2.45) is 0 Å². The molecule has 0 aliphatic carbocycles. The van der Waals surface area contributed by atoms with Gasteiger partial charge in [-0.05, 0) is 12.5 Å². The van der Waals surface area contributed by atoms with Crippen molar-refractivity contribution < 1.29 is 13.5 Å². The number of rotatable bonds is 5. The number of benzene rings is 1. The van der Waals surface area contributed by atoms with Crippen molar-refractivity contribution in [3.8, 4) is 5.75 Å². The van der Waals surface area contributed by atoms with Gasteiger partial charge in [-0.15, -0.1) is 6.58 Å². The third-order valence-corrected chi connectivity index (χ3v) is 2.71. The van der Waals surface area contributed by atoms with E-state index in [9.17, 15) is 8.78 Å². The summed E-state index contributed by atoms with van der Waals surface area (Å²) in [5.74, 6) is 0.205. The fourth-order valence-corrected chi connectivity index (χ4v) is 1.86. The number of hydrogen-bond donors (Lipinski definition) is 0. The van der Waals surface area contributed by atoms with Crippen LogP contribution in [0.3, 0.4) is 0 Å². The lowest BCUT2D eigenvalue weighted by molar-refractivity contribution is -0.0504. The molecule has 1 aromatic rings. The quantitative estimate of drug-likeness (QED) is 0.528. The Morgan fingerprint density at radius 2 is 1.94 bits per heavy atom. The zero-order chi connectivity index (χ0) is 13.3. The summed E-state index contributed by atoms with van der Waals surface area (Å²) >= 11 is 3.39. The predicted molar refractivity (Wildman–Crippen MR) is 70.9 cm³/mol. The van der Waals surface area contributed by atoms with Crippen molar-refractivity contribution in [2.45, 2.75) is 31.7 Å². The van der Waals surface area contributed by atoms with Crippen LogP contribution in [-0.4, -0.2) is 6.61 Å². The van der Waals surface area contributed by atoms with E-state index in [0.717, 1.165) is 0 Å². The average Bonchev–Trinajstić information content (AvgIpc) is 2.32. The number of allylic oxidation sites excluding steroid dienone is 1. The molecular weight excluding hydrogens is 290 g/mol. The van der Waals surface area contributed by atoms with E-state index >= 15 is 0 Å². The van der Waals surface area contributed by atoms with Gasteiger partial charge in [0.2, 0.25) is 0 Å². The summed E-state index contributed by atoms with van der Waals surface area (Å²) in [5.41, 5.74) is 0.706. The maximum atomic E-state index is 12.1. The van der Waals surface area contributed by atoms with Crippen molar-refractivity contribution in [2.75, 3.05) is 0 Å². The van der Waals surface area contributed by atoms with Crippen LogP contribution < -0.4 is 4.74 Å². The number of halogens is 3. The SMILES string of the molecule is C=CCC(Br)c1ccccc1OC(F)F.CC. The zero-order valence-electron chi connectivity index (χ0n) is 10.00. The highest BCUT2D eigenvalue weighted by molar-refractivity contribution is 9.09. The predicted octanol–water partition coefficient (Wildman–Crippen LogP) is 5.33. The van der Waals surface area contributed by atoms with Gasteiger partial charge in [0.1, 0.15) is 5.75 Å². The van der Waals surface area contributed by atoms with Crippen molar-refractivity contribution in [3.05, 3.63) is 42.5 Å². The van der Waals surface area contributed by atoms with Crippen molar-refractivity contribution in [1.29, 1.82) is 0 Å². The van der Waals surface area contributed by atoms with Crippen molar-refractivity contribution in [1.82, 2.24) is 0 Å². The first-order valence-corrected chi connectivity index (χ1v) is 6.35. The van der Waals surface area contributed by atoms with Gasteiger partial charge < -0.3 is 4.74 Å². The molecule has 1 nitrogen and oxygen atoms in total. The topological polar surface area (TPSA) is 9.23 Å². The summed E-state index contributed by atoms with van der Waals surface area (Å²) in [6, 6.07) is 6.72. The molecule has 0 saturated heterocycles. The second-order valence-electron chi connectivity index (χ2n) is 2.91. The van der Waals surface area contributed by atoms with Gasteiger partial charge in [0.25, 0.3) is 0 Å². The molecule has 1 unspecified atom stereocenters. The first-order chi connectivity index (χ1) is 8.15. The van der Waals surface area contributed by atoms with Gasteiger partial charge in [-0.25, -0.2) is 0 Å². The molecule has 1 atom stereocenters. The lowest BCUT2D eigenvalue weighted by Gasteiger charge is -2.13. The normalized spacial score (nSPS) is 11.4. The van der Waals surface area contributed by atoms with E-state index in [-0.39, 0.29) is 10.6 Å². The molecular formula is C13H17BrF2O. The fraction of sp³-hybridized carbons (Fsp3) is 0.385. The first kappa shape index (κ1) is 16.1. The van der Waals surface area contributed by atoms with Crippen LogP contribution in [0, 0.1) is 0 Å². The standard InChI is InChI=1S/C11H11BrF2O.C2H6/c1-2-5-9(12)8-6-3-4-7-10(8)15-11(13)14;1-2/h2-4,6-7,9,11H,1,5H2;1-2H3. The molecule has 0 amide bonds. The third-order valence-electron chi connectivity index (χ3n) is 1.85. The monoisotopic (exact) mass is 306 g/mol. The number of alkyl halides is 3. The van der Waals surface area contributed by atoms with Crippen LogP contribution in [0.25, 0.3) is 0 Å². The van der Waals surface area contributed by atoms with E-state index in [1.54, 1.807) is 24.3 Å². The van der Waals surface area contributed by atoms with Crippen LogP contribution in [-0.2, 0) is 0 Å². The van der Waals surface area contributed by atoms with Crippen LogP contribution in [0.1, 0.15) is 30.7 Å². The highest BCUT2D eigenvalue weighted by atomic mass is 79.9. The molecule has 0 aliphatic rings. The minimum Gasteiger partial charge on any atom is -0.435 e. The zero-order valence-corrected chi connectivity index (χ0v) is 11.6. The molecule has 0 fully saturated rings. The minimum atomic E-state index is -2.80. The Hall–Kier alpha value is -0.900. The molecule has 0 bridgehead atoms. The average molecular weight is 307 g/mol. The fourth-order valence-electron chi connectivity index (χ4n) is 1.22. The van der Waals surface area contributed by atoms with Crippen LogP contribution >= 0.6 is 15.9 Å². The second-order valence-corrected chi connectivity index (χ2v) is 4.01. The molecule has 0 heterocycles. The van der Waals surface area contributed by atoms with E-state index in [2.05, 4.69) is 27.2 Å². The maximum Gasteiger partial charge on any atom is 0.387 e. The Balaban J connectivity index is 0.00000121. The van der Waals surface area contributed by atoms with Gasteiger partial charge in [0.15, 0.2) is 0 Å². The molecule has 17 heavy (non-hydrogen) atoms. The molecule has 0 spiro atoms. The highest BCUT2D eigenvalue weighted by Crippen LogP contribution is 2.34. The lowest BCUT2D eigenvalue weighted by atomic mass is 10.1. The molecule has 0 saturated carbocycles.